The van der Waals surface area contributed by atoms with Gasteiger partial charge in [-0.15, -0.1) is 0 Å². The van der Waals surface area contributed by atoms with E-state index in [1.807, 2.05) is 48.5 Å². The van der Waals surface area contributed by atoms with E-state index in [1.165, 1.54) is 6.20 Å². The molecule has 2 N–H and O–H groups in total. The summed E-state index contributed by atoms with van der Waals surface area (Å²) < 4.78 is 19.7. The van der Waals surface area contributed by atoms with Gasteiger partial charge in [-0.2, -0.15) is 4.98 Å². The van der Waals surface area contributed by atoms with E-state index in [9.17, 15) is 4.39 Å². The van der Waals surface area contributed by atoms with Crippen molar-refractivity contribution >= 4 is 28.4 Å². The van der Waals surface area contributed by atoms with Gasteiger partial charge in [0, 0.05) is 49.4 Å². The second-order valence-electron chi connectivity index (χ2n) is 7.38. The lowest BCUT2D eigenvalue weighted by Crippen LogP contribution is -2.38. The van der Waals surface area contributed by atoms with Crippen LogP contribution in [0.15, 0.2) is 67.0 Å². The summed E-state index contributed by atoms with van der Waals surface area (Å²) in [5.74, 6) is 2.07. The zero-order valence-corrected chi connectivity index (χ0v) is 16.4. The number of nitrogens with one attached hydrogen (secondary N) is 2. The van der Waals surface area contributed by atoms with E-state index < -0.39 is 0 Å². The molecule has 1 aliphatic heterocycles. The van der Waals surface area contributed by atoms with Crippen molar-refractivity contribution in [2.45, 2.75) is 18.9 Å². The second kappa shape index (κ2) is 8.02. The number of fused-ring (bicyclic) bond motifs is 1. The zero-order chi connectivity index (χ0) is 20.3. The highest BCUT2D eigenvalue weighted by molar-refractivity contribution is 5.84. The number of nitrogens with zero attached hydrogens (tertiary/aromatic N) is 3. The first-order chi connectivity index (χ1) is 14.7. The summed E-state index contributed by atoms with van der Waals surface area (Å²) in [4.78, 5) is 14.2. The van der Waals surface area contributed by atoms with Crippen molar-refractivity contribution in [3.63, 3.8) is 0 Å². The fraction of sp³-hybridized carbons (Fsp3) is 0.217. The third-order valence-corrected chi connectivity index (χ3v) is 5.34. The molecule has 0 radical (unpaired) electrons. The van der Waals surface area contributed by atoms with Gasteiger partial charge >= 0.3 is 0 Å². The molecule has 0 unspecified atom stereocenters. The molecule has 4 aromatic rings. The lowest BCUT2D eigenvalue weighted by molar-refractivity contribution is 0.170. The third-order valence-electron chi connectivity index (χ3n) is 5.34. The molecule has 5 rings (SSSR count). The summed E-state index contributed by atoms with van der Waals surface area (Å²) in [5, 5.41) is 3.78. The first kappa shape index (κ1) is 18.4. The van der Waals surface area contributed by atoms with Crippen LogP contribution in [0.25, 0.3) is 10.9 Å². The number of aromatic amines is 1. The molecule has 7 heteroatoms. The van der Waals surface area contributed by atoms with E-state index in [1.54, 1.807) is 12.3 Å². The van der Waals surface area contributed by atoms with Gasteiger partial charge in [-0.1, -0.05) is 18.2 Å². The van der Waals surface area contributed by atoms with E-state index in [2.05, 4.69) is 25.2 Å². The fourth-order valence-corrected chi connectivity index (χ4v) is 3.78. The maximum atomic E-state index is 13.6. The molecule has 0 amide bonds. The SMILES string of the molecule is Fc1c[nH]c2cc(Nc3nccc(N4CCC(Oc5ccccc5)CC4)n3)ccc12. The van der Waals surface area contributed by atoms with Crippen molar-refractivity contribution in [2.75, 3.05) is 23.3 Å². The number of anilines is 3. The fourth-order valence-electron chi connectivity index (χ4n) is 3.78. The van der Waals surface area contributed by atoms with Gasteiger partial charge in [0.25, 0.3) is 0 Å². The Kier molecular flexibility index (Phi) is 4.93. The van der Waals surface area contributed by atoms with Gasteiger partial charge in [0.1, 0.15) is 23.5 Å². The van der Waals surface area contributed by atoms with Crippen LogP contribution in [0.3, 0.4) is 0 Å². The monoisotopic (exact) mass is 403 g/mol. The molecule has 152 valence electrons. The number of benzene rings is 2. The molecular formula is C23H22FN5O. The van der Waals surface area contributed by atoms with Gasteiger partial charge in [0.05, 0.1) is 5.52 Å². The zero-order valence-electron chi connectivity index (χ0n) is 16.4. The largest absolute Gasteiger partial charge is 0.490 e. The number of ether oxygens (including phenoxy) is 1. The number of para-hydroxylation sites is 1. The van der Waals surface area contributed by atoms with E-state index in [0.717, 1.165) is 48.7 Å². The Balaban J connectivity index is 1.23. The van der Waals surface area contributed by atoms with Crippen LogP contribution in [0.5, 0.6) is 5.75 Å². The van der Waals surface area contributed by atoms with E-state index in [-0.39, 0.29) is 11.9 Å². The van der Waals surface area contributed by atoms with Crippen LogP contribution in [0.1, 0.15) is 12.8 Å². The van der Waals surface area contributed by atoms with Crippen molar-refractivity contribution < 1.29 is 9.13 Å². The van der Waals surface area contributed by atoms with Crippen LogP contribution in [0, 0.1) is 5.82 Å². The predicted octanol–water partition coefficient (Wildman–Crippen LogP) is 4.89. The normalized spacial score (nSPS) is 14.8. The quantitative estimate of drug-likeness (QED) is 0.497. The molecule has 30 heavy (non-hydrogen) atoms. The molecule has 2 aromatic carbocycles. The highest BCUT2D eigenvalue weighted by atomic mass is 19.1. The summed E-state index contributed by atoms with van der Waals surface area (Å²) in [6.45, 7) is 1.75. The van der Waals surface area contributed by atoms with Crippen molar-refractivity contribution in [2.24, 2.45) is 0 Å². The molecule has 0 saturated carbocycles. The lowest BCUT2D eigenvalue weighted by atomic mass is 10.1. The van der Waals surface area contributed by atoms with E-state index in [0.29, 0.717) is 11.3 Å². The Hall–Kier alpha value is -3.61. The number of H-pyrrole nitrogens is 1. The molecule has 1 saturated heterocycles. The summed E-state index contributed by atoms with van der Waals surface area (Å²) in [5.41, 5.74) is 1.53. The second-order valence-corrected chi connectivity index (χ2v) is 7.38. The smallest absolute Gasteiger partial charge is 0.229 e. The number of hydrogen-bond acceptors (Lipinski definition) is 5. The van der Waals surface area contributed by atoms with Gasteiger partial charge in [-0.05, 0) is 36.4 Å². The Morgan fingerprint density at radius 3 is 2.73 bits per heavy atom. The number of hydrogen-bond donors (Lipinski definition) is 2. The van der Waals surface area contributed by atoms with E-state index >= 15 is 0 Å². The van der Waals surface area contributed by atoms with Crippen LogP contribution in [-0.2, 0) is 0 Å². The maximum absolute atomic E-state index is 13.6. The first-order valence-corrected chi connectivity index (χ1v) is 10.1. The summed E-state index contributed by atoms with van der Waals surface area (Å²) in [6.07, 6.45) is 5.21. The first-order valence-electron chi connectivity index (χ1n) is 10.1. The molecule has 1 fully saturated rings. The van der Waals surface area contributed by atoms with Gasteiger partial charge in [-0.25, -0.2) is 9.37 Å². The van der Waals surface area contributed by atoms with Crippen LogP contribution < -0.4 is 15.0 Å². The molecule has 2 aromatic heterocycles. The molecule has 6 nitrogen and oxygen atoms in total. The molecule has 0 atom stereocenters. The van der Waals surface area contributed by atoms with Crippen molar-refractivity contribution in [3.8, 4) is 5.75 Å². The van der Waals surface area contributed by atoms with Gasteiger partial charge in [0.2, 0.25) is 5.95 Å². The molecule has 3 heterocycles. The van der Waals surface area contributed by atoms with Crippen molar-refractivity contribution in [3.05, 3.63) is 72.8 Å². The van der Waals surface area contributed by atoms with Gasteiger partial charge in [0.15, 0.2) is 0 Å². The minimum absolute atomic E-state index is 0.219. The molecule has 0 bridgehead atoms. The Morgan fingerprint density at radius 1 is 1.07 bits per heavy atom. The van der Waals surface area contributed by atoms with Crippen LogP contribution in [0.2, 0.25) is 0 Å². The number of piperidine rings is 1. The topological polar surface area (TPSA) is 66.1 Å². The summed E-state index contributed by atoms with van der Waals surface area (Å²) >= 11 is 0. The van der Waals surface area contributed by atoms with Crippen molar-refractivity contribution in [1.29, 1.82) is 0 Å². The van der Waals surface area contributed by atoms with Crippen LogP contribution >= 0.6 is 0 Å². The number of aromatic nitrogens is 3. The molecule has 1 aliphatic rings. The Bertz CT molecular complexity index is 1140. The Labute approximate surface area is 173 Å². The summed E-state index contributed by atoms with van der Waals surface area (Å²) in [6, 6.07) is 17.3. The predicted molar refractivity (Wildman–Crippen MR) is 116 cm³/mol. The summed E-state index contributed by atoms with van der Waals surface area (Å²) in [7, 11) is 0. The van der Waals surface area contributed by atoms with Gasteiger partial charge < -0.3 is 19.9 Å². The lowest BCUT2D eigenvalue weighted by Gasteiger charge is -2.33. The highest BCUT2D eigenvalue weighted by Crippen LogP contribution is 2.25. The van der Waals surface area contributed by atoms with E-state index in [4.69, 9.17) is 4.74 Å². The maximum Gasteiger partial charge on any atom is 0.229 e. The minimum atomic E-state index is -0.255. The van der Waals surface area contributed by atoms with Gasteiger partial charge in [-0.3, -0.25) is 0 Å². The van der Waals surface area contributed by atoms with Crippen LogP contribution in [0.4, 0.5) is 21.8 Å². The molecule has 0 aliphatic carbocycles. The van der Waals surface area contributed by atoms with Crippen molar-refractivity contribution in [1.82, 2.24) is 15.0 Å². The standard InChI is InChI=1S/C23H22FN5O/c24-20-15-26-21-14-16(6-7-19(20)21)27-23-25-11-8-22(28-23)29-12-9-18(10-13-29)30-17-4-2-1-3-5-17/h1-8,11,14-15,18,26H,9-10,12-13H2,(H,25,27,28). The number of rotatable bonds is 5. The molecular weight excluding hydrogens is 381 g/mol. The molecule has 0 spiro atoms. The average molecular weight is 403 g/mol. The number of halogens is 1. The third kappa shape index (κ3) is 3.91. The highest BCUT2D eigenvalue weighted by Gasteiger charge is 2.21. The minimum Gasteiger partial charge on any atom is -0.490 e. The average Bonchev–Trinajstić information content (AvgIpc) is 3.15. The Morgan fingerprint density at radius 2 is 1.90 bits per heavy atom. The van der Waals surface area contributed by atoms with Crippen LogP contribution in [-0.4, -0.2) is 34.1 Å².